The molecule has 0 saturated heterocycles. The standard InChI is InChI=1S/C36H50O8S4/c1-9-17-19-22(13-5)31(37)43-25-27-28(46-35(45-27)21(11-3)12-4)26(44-32(38)23(14-6)20-18-10-2)30-29(25)47-36(48-30)24(33(39)41-15-7)34(40)42-16-8/h22-23H,9-20H2,1-8H3. The maximum Gasteiger partial charge on any atom is 0.347 e. The van der Waals surface area contributed by atoms with Gasteiger partial charge in [-0.15, -0.1) is 0 Å². The smallest absolute Gasteiger partial charge is 0.347 e. The van der Waals surface area contributed by atoms with Crippen molar-refractivity contribution in [3.8, 4) is 11.5 Å². The Bertz CT molecular complexity index is 1320. The summed E-state index contributed by atoms with van der Waals surface area (Å²) in [6, 6.07) is 0. The first-order valence-electron chi connectivity index (χ1n) is 17.3. The fraction of sp³-hybridized carbons (Fsp3) is 0.611. The summed E-state index contributed by atoms with van der Waals surface area (Å²) in [5.41, 5.74) is 1.02. The number of esters is 4. The Morgan fingerprint density at radius 3 is 1.25 bits per heavy atom. The van der Waals surface area contributed by atoms with E-state index >= 15 is 0 Å². The van der Waals surface area contributed by atoms with Crippen molar-refractivity contribution < 1.29 is 38.1 Å². The molecule has 2 atom stereocenters. The number of carbonyl (C=O) groups is 4. The summed E-state index contributed by atoms with van der Waals surface area (Å²) in [6.07, 6.45) is 8.16. The highest BCUT2D eigenvalue weighted by molar-refractivity contribution is 8.26. The van der Waals surface area contributed by atoms with Crippen LogP contribution in [0.1, 0.15) is 120 Å². The van der Waals surface area contributed by atoms with Crippen molar-refractivity contribution in [2.75, 3.05) is 13.2 Å². The van der Waals surface area contributed by atoms with Gasteiger partial charge in [-0.2, -0.15) is 0 Å². The van der Waals surface area contributed by atoms with E-state index in [0.717, 1.165) is 66.3 Å². The molecule has 0 N–H and O–H groups in total. The van der Waals surface area contributed by atoms with Crippen molar-refractivity contribution in [1.82, 2.24) is 0 Å². The zero-order chi connectivity index (χ0) is 35.4. The number of fused-ring (bicyclic) bond motifs is 2. The van der Waals surface area contributed by atoms with Crippen molar-refractivity contribution >= 4 is 70.9 Å². The van der Waals surface area contributed by atoms with Crippen LogP contribution in [0.15, 0.2) is 39.2 Å². The van der Waals surface area contributed by atoms with Crippen molar-refractivity contribution in [1.29, 1.82) is 0 Å². The molecule has 0 aromatic heterocycles. The second kappa shape index (κ2) is 20.0. The highest BCUT2D eigenvalue weighted by atomic mass is 32.2. The van der Waals surface area contributed by atoms with Crippen LogP contribution in [-0.2, 0) is 28.7 Å². The number of rotatable bonds is 18. The first-order valence-corrected chi connectivity index (χ1v) is 20.6. The number of allylic oxidation sites excluding steroid dienone is 1. The molecule has 1 aromatic rings. The molecule has 0 aliphatic carbocycles. The Morgan fingerprint density at radius 2 is 0.938 bits per heavy atom. The van der Waals surface area contributed by atoms with Gasteiger partial charge >= 0.3 is 23.9 Å². The van der Waals surface area contributed by atoms with E-state index in [1.54, 1.807) is 13.8 Å². The predicted octanol–water partition coefficient (Wildman–Crippen LogP) is 10.7. The lowest BCUT2D eigenvalue weighted by Crippen LogP contribution is -2.22. The maximum absolute atomic E-state index is 13.8. The molecule has 2 aliphatic rings. The van der Waals surface area contributed by atoms with Crippen LogP contribution >= 0.6 is 47.0 Å². The van der Waals surface area contributed by atoms with Gasteiger partial charge in [0.2, 0.25) is 0 Å². The molecular formula is C36H50O8S4. The van der Waals surface area contributed by atoms with Crippen molar-refractivity contribution in [2.24, 2.45) is 11.8 Å². The van der Waals surface area contributed by atoms with Crippen LogP contribution < -0.4 is 9.47 Å². The number of hydrogen-bond acceptors (Lipinski definition) is 12. The fourth-order valence-corrected chi connectivity index (χ4v) is 11.1. The minimum Gasteiger partial charge on any atom is -0.462 e. The van der Waals surface area contributed by atoms with E-state index in [9.17, 15) is 19.2 Å². The summed E-state index contributed by atoms with van der Waals surface area (Å²) in [5.74, 6) is -2.06. The van der Waals surface area contributed by atoms with E-state index in [2.05, 4.69) is 27.7 Å². The van der Waals surface area contributed by atoms with Crippen molar-refractivity contribution in [3.05, 3.63) is 19.6 Å². The van der Waals surface area contributed by atoms with Gasteiger partial charge in [0.05, 0.1) is 48.9 Å². The van der Waals surface area contributed by atoms with Gasteiger partial charge in [-0.25, -0.2) is 9.59 Å². The molecule has 0 amide bonds. The molecule has 2 unspecified atom stereocenters. The molecule has 48 heavy (non-hydrogen) atoms. The first-order chi connectivity index (χ1) is 23.1. The first kappa shape index (κ1) is 40.4. The Morgan fingerprint density at radius 1 is 0.562 bits per heavy atom. The molecule has 12 heteroatoms. The van der Waals surface area contributed by atoms with Crippen molar-refractivity contribution in [3.63, 3.8) is 0 Å². The van der Waals surface area contributed by atoms with Gasteiger partial charge in [-0.3, -0.25) is 9.59 Å². The summed E-state index contributed by atoms with van der Waals surface area (Å²) in [6.45, 7) is 15.9. The third-order valence-electron chi connectivity index (χ3n) is 8.19. The fourth-order valence-electron chi connectivity index (χ4n) is 5.28. The minimum absolute atomic E-state index is 0.0727. The van der Waals surface area contributed by atoms with E-state index < -0.39 is 11.9 Å². The van der Waals surface area contributed by atoms with Crippen LogP contribution in [0.25, 0.3) is 0 Å². The van der Waals surface area contributed by atoms with Gasteiger partial charge in [-0.05, 0) is 52.4 Å². The summed E-state index contributed by atoms with van der Waals surface area (Å²) in [5, 5.41) is 0. The van der Waals surface area contributed by atoms with E-state index in [-0.39, 0.29) is 42.6 Å². The van der Waals surface area contributed by atoms with Gasteiger partial charge in [-0.1, -0.05) is 120 Å². The normalized spacial score (nSPS) is 14.6. The highest BCUT2D eigenvalue weighted by Crippen LogP contribution is 2.68. The second-order valence-electron chi connectivity index (χ2n) is 11.4. The van der Waals surface area contributed by atoms with Crippen LogP contribution in [0.3, 0.4) is 0 Å². The molecule has 3 rings (SSSR count). The highest BCUT2D eigenvalue weighted by Gasteiger charge is 2.42. The van der Waals surface area contributed by atoms with Crippen LogP contribution in [0, 0.1) is 11.8 Å². The number of benzene rings is 1. The number of unbranched alkanes of at least 4 members (excludes halogenated alkanes) is 2. The number of thioether (sulfide) groups is 4. The van der Waals surface area contributed by atoms with E-state index in [4.69, 9.17) is 18.9 Å². The molecule has 0 bridgehead atoms. The summed E-state index contributed by atoms with van der Waals surface area (Å²) in [4.78, 5) is 56.3. The molecule has 266 valence electrons. The molecule has 0 saturated carbocycles. The largest absolute Gasteiger partial charge is 0.462 e. The Hall–Kier alpha value is -2.02. The lowest BCUT2D eigenvalue weighted by Gasteiger charge is -2.20. The molecule has 2 heterocycles. The topological polar surface area (TPSA) is 105 Å². The minimum atomic E-state index is -0.802. The third-order valence-corrected chi connectivity index (χ3v) is 13.6. The number of hydrogen-bond donors (Lipinski definition) is 0. The van der Waals surface area contributed by atoms with Gasteiger partial charge < -0.3 is 18.9 Å². The third kappa shape index (κ3) is 9.60. The van der Waals surface area contributed by atoms with Crippen LogP contribution in [0.4, 0.5) is 0 Å². The zero-order valence-electron chi connectivity index (χ0n) is 29.5. The van der Waals surface area contributed by atoms with Crippen LogP contribution in [0.2, 0.25) is 0 Å². The average molecular weight is 739 g/mol. The second-order valence-corrected chi connectivity index (χ2v) is 16.0. The molecular weight excluding hydrogens is 689 g/mol. The Balaban J connectivity index is 2.32. The summed E-state index contributed by atoms with van der Waals surface area (Å²) >= 11 is 5.35. The van der Waals surface area contributed by atoms with E-state index in [1.165, 1.54) is 29.1 Å². The molecule has 0 fully saturated rings. The Kier molecular flexibility index (Phi) is 16.8. The van der Waals surface area contributed by atoms with Crippen LogP contribution in [0.5, 0.6) is 11.5 Å². The van der Waals surface area contributed by atoms with E-state index in [0.29, 0.717) is 61.0 Å². The average Bonchev–Trinajstić information content (AvgIpc) is 3.70. The number of ether oxygens (including phenoxy) is 4. The quantitative estimate of drug-likeness (QED) is 0.0470. The molecule has 2 aliphatic heterocycles. The SMILES string of the molecule is CCCCC(CC)C(=O)Oc1c2c(c(OC(=O)C(CC)CCCC)c3c1SC(=C(C(=O)OCC)C(=O)OCC)S3)SC(=C(CC)CC)S2. The van der Waals surface area contributed by atoms with E-state index in [1.807, 2.05) is 13.8 Å². The molecule has 0 spiro atoms. The number of carbonyl (C=O) groups excluding carboxylic acids is 4. The monoisotopic (exact) mass is 738 g/mol. The molecule has 8 nitrogen and oxygen atoms in total. The van der Waals surface area contributed by atoms with Crippen molar-refractivity contribution in [2.45, 2.75) is 139 Å². The molecule has 1 aromatic carbocycles. The predicted molar refractivity (Wildman–Crippen MR) is 196 cm³/mol. The molecule has 0 radical (unpaired) electrons. The lowest BCUT2D eigenvalue weighted by molar-refractivity contribution is -0.147. The zero-order valence-corrected chi connectivity index (χ0v) is 32.8. The van der Waals surface area contributed by atoms with Crippen LogP contribution in [-0.4, -0.2) is 37.1 Å². The summed E-state index contributed by atoms with van der Waals surface area (Å²) in [7, 11) is 0. The summed E-state index contributed by atoms with van der Waals surface area (Å²) < 4.78 is 24.6. The van der Waals surface area contributed by atoms with Gasteiger partial charge in [0, 0.05) is 4.24 Å². The van der Waals surface area contributed by atoms with Gasteiger partial charge in [0.15, 0.2) is 17.1 Å². The Labute approximate surface area is 303 Å². The lowest BCUT2D eigenvalue weighted by atomic mass is 10.00. The maximum atomic E-state index is 13.8. The van der Waals surface area contributed by atoms with Gasteiger partial charge in [0.1, 0.15) is 0 Å². The van der Waals surface area contributed by atoms with Gasteiger partial charge in [0.25, 0.3) is 0 Å².